The summed E-state index contributed by atoms with van der Waals surface area (Å²) in [6.45, 7) is 1.97. The average Bonchev–Trinajstić information content (AvgIpc) is 3.50. The molecular formula is C20H20ClFN6O3. The Hall–Kier alpha value is -2.98. The lowest BCUT2D eigenvalue weighted by Crippen LogP contribution is -2.34. The van der Waals surface area contributed by atoms with Crippen LogP contribution in [-0.4, -0.2) is 69.4 Å². The number of carbonyl (C=O) groups excluding carboxylic acids is 1. The normalized spacial score (nSPS) is 21.0. The van der Waals surface area contributed by atoms with Crippen LogP contribution in [0.2, 0.25) is 5.02 Å². The number of nitrogens with one attached hydrogen (secondary N) is 2. The minimum atomic E-state index is -0.566. The summed E-state index contributed by atoms with van der Waals surface area (Å²) in [5, 5.41) is 4.33. The molecule has 0 saturated carbocycles. The molecule has 11 heteroatoms. The third-order valence-electron chi connectivity index (χ3n) is 5.43. The molecule has 2 N–H and O–H groups in total. The zero-order valence-electron chi connectivity index (χ0n) is 16.5. The lowest BCUT2D eigenvalue weighted by atomic mass is 10.2. The maximum atomic E-state index is 14.4. The Morgan fingerprint density at radius 3 is 3.10 bits per heavy atom. The molecule has 2 aliphatic heterocycles. The summed E-state index contributed by atoms with van der Waals surface area (Å²) in [6, 6.07) is 1.61. The van der Waals surface area contributed by atoms with E-state index in [-0.39, 0.29) is 24.1 Å². The molecule has 2 aliphatic rings. The highest BCUT2D eigenvalue weighted by Gasteiger charge is 2.30. The fourth-order valence-electron chi connectivity index (χ4n) is 3.82. The van der Waals surface area contributed by atoms with Gasteiger partial charge in [0.05, 0.1) is 24.4 Å². The molecule has 0 radical (unpaired) electrons. The van der Waals surface area contributed by atoms with Crippen LogP contribution >= 0.6 is 11.6 Å². The Balaban J connectivity index is 1.30. The molecule has 5 heterocycles. The molecule has 2 atom stereocenters. The number of halogens is 2. The van der Waals surface area contributed by atoms with Crippen molar-refractivity contribution in [1.29, 1.82) is 0 Å². The molecule has 5 rings (SSSR count). The second kappa shape index (κ2) is 8.27. The van der Waals surface area contributed by atoms with E-state index in [1.807, 2.05) is 0 Å². The van der Waals surface area contributed by atoms with Crippen LogP contribution in [0.1, 0.15) is 12.8 Å². The summed E-state index contributed by atoms with van der Waals surface area (Å²) in [4.78, 5) is 29.7. The molecule has 0 aliphatic carbocycles. The molecule has 1 amide bonds. The zero-order valence-corrected chi connectivity index (χ0v) is 17.2. The van der Waals surface area contributed by atoms with E-state index in [9.17, 15) is 9.18 Å². The van der Waals surface area contributed by atoms with Crippen molar-refractivity contribution in [3.8, 4) is 11.4 Å². The van der Waals surface area contributed by atoms with Gasteiger partial charge >= 0.3 is 6.09 Å². The van der Waals surface area contributed by atoms with Crippen LogP contribution in [0.5, 0.6) is 0 Å². The summed E-state index contributed by atoms with van der Waals surface area (Å²) in [7, 11) is 0. The maximum absolute atomic E-state index is 14.4. The first kappa shape index (κ1) is 20.0. The SMILES string of the molecule is O=C(OC1CCOC1)N1CC[C@H](Nc2nc(-c3c[nH]c4ncc(Cl)cc34)ncc2F)C1. The second-order valence-electron chi connectivity index (χ2n) is 7.59. The molecule has 1 unspecified atom stereocenters. The van der Waals surface area contributed by atoms with Crippen molar-refractivity contribution in [3.05, 3.63) is 35.5 Å². The molecule has 3 aromatic rings. The monoisotopic (exact) mass is 446 g/mol. The van der Waals surface area contributed by atoms with Gasteiger partial charge in [-0.25, -0.2) is 24.1 Å². The first-order valence-electron chi connectivity index (χ1n) is 10.0. The average molecular weight is 447 g/mol. The third kappa shape index (κ3) is 4.13. The van der Waals surface area contributed by atoms with Crippen molar-refractivity contribution < 1.29 is 18.7 Å². The Labute approximate surface area is 181 Å². The lowest BCUT2D eigenvalue weighted by molar-refractivity contribution is 0.0595. The van der Waals surface area contributed by atoms with Gasteiger partial charge in [0.2, 0.25) is 0 Å². The van der Waals surface area contributed by atoms with Gasteiger partial charge in [-0.15, -0.1) is 0 Å². The number of rotatable bonds is 4. The van der Waals surface area contributed by atoms with Crippen molar-refractivity contribution >= 4 is 34.5 Å². The molecule has 162 valence electrons. The molecule has 2 saturated heterocycles. The van der Waals surface area contributed by atoms with Gasteiger partial charge in [-0.1, -0.05) is 11.6 Å². The maximum Gasteiger partial charge on any atom is 0.410 e. The number of amides is 1. The van der Waals surface area contributed by atoms with E-state index in [1.165, 1.54) is 0 Å². The summed E-state index contributed by atoms with van der Waals surface area (Å²) in [5.41, 5.74) is 1.31. The largest absolute Gasteiger partial charge is 0.444 e. The minimum Gasteiger partial charge on any atom is -0.444 e. The van der Waals surface area contributed by atoms with Crippen molar-refractivity contribution in [2.45, 2.75) is 25.0 Å². The number of ether oxygens (including phenoxy) is 2. The van der Waals surface area contributed by atoms with Crippen LogP contribution in [0.15, 0.2) is 24.7 Å². The number of aromatic nitrogens is 4. The van der Waals surface area contributed by atoms with E-state index >= 15 is 0 Å². The fourth-order valence-corrected chi connectivity index (χ4v) is 3.98. The number of anilines is 1. The van der Waals surface area contributed by atoms with Crippen LogP contribution in [0.4, 0.5) is 15.0 Å². The van der Waals surface area contributed by atoms with Gasteiger partial charge in [0.15, 0.2) is 17.5 Å². The number of fused-ring (bicyclic) bond motifs is 1. The summed E-state index contributed by atoms with van der Waals surface area (Å²) in [5.74, 6) is -0.141. The second-order valence-corrected chi connectivity index (χ2v) is 8.02. The molecular weight excluding hydrogens is 427 g/mol. The van der Waals surface area contributed by atoms with Gasteiger partial charge in [-0.2, -0.15) is 0 Å². The van der Waals surface area contributed by atoms with Crippen molar-refractivity contribution in [2.75, 3.05) is 31.6 Å². The number of hydrogen-bond acceptors (Lipinski definition) is 7. The Morgan fingerprint density at radius 1 is 1.35 bits per heavy atom. The highest BCUT2D eigenvalue weighted by Crippen LogP contribution is 2.28. The Bertz CT molecular complexity index is 1120. The molecule has 9 nitrogen and oxygen atoms in total. The molecule has 0 spiro atoms. The molecule has 2 fully saturated rings. The van der Waals surface area contributed by atoms with E-state index < -0.39 is 5.82 Å². The predicted molar refractivity (Wildman–Crippen MR) is 111 cm³/mol. The van der Waals surface area contributed by atoms with Crippen LogP contribution in [0.25, 0.3) is 22.4 Å². The van der Waals surface area contributed by atoms with E-state index in [4.69, 9.17) is 21.1 Å². The quantitative estimate of drug-likeness (QED) is 0.633. The lowest BCUT2D eigenvalue weighted by Gasteiger charge is -2.19. The molecule has 0 aromatic carbocycles. The van der Waals surface area contributed by atoms with E-state index in [0.717, 1.165) is 11.6 Å². The highest BCUT2D eigenvalue weighted by molar-refractivity contribution is 6.31. The van der Waals surface area contributed by atoms with Gasteiger partial charge in [0, 0.05) is 48.9 Å². The van der Waals surface area contributed by atoms with E-state index in [2.05, 4.69) is 25.3 Å². The van der Waals surface area contributed by atoms with Crippen molar-refractivity contribution in [1.82, 2.24) is 24.8 Å². The summed E-state index contributed by atoms with van der Waals surface area (Å²) >= 11 is 6.06. The number of nitrogens with zero attached hydrogens (tertiary/aromatic N) is 4. The fraction of sp³-hybridized carbons (Fsp3) is 0.400. The summed E-state index contributed by atoms with van der Waals surface area (Å²) < 4.78 is 25.1. The topological polar surface area (TPSA) is 105 Å². The van der Waals surface area contributed by atoms with Crippen LogP contribution < -0.4 is 5.32 Å². The first-order chi connectivity index (χ1) is 15.1. The first-order valence-corrected chi connectivity index (χ1v) is 10.4. The van der Waals surface area contributed by atoms with Gasteiger partial charge in [-0.3, -0.25) is 0 Å². The number of H-pyrrole nitrogens is 1. The van der Waals surface area contributed by atoms with Gasteiger partial charge < -0.3 is 24.7 Å². The van der Waals surface area contributed by atoms with Crippen molar-refractivity contribution in [2.24, 2.45) is 0 Å². The molecule has 3 aromatic heterocycles. The number of carbonyl (C=O) groups is 1. The number of hydrogen-bond donors (Lipinski definition) is 2. The number of aromatic amines is 1. The van der Waals surface area contributed by atoms with Gasteiger partial charge in [0.25, 0.3) is 0 Å². The predicted octanol–water partition coefficient (Wildman–Crippen LogP) is 3.22. The summed E-state index contributed by atoms with van der Waals surface area (Å²) in [6.07, 6.45) is 5.19. The van der Waals surface area contributed by atoms with Crippen LogP contribution in [0, 0.1) is 5.82 Å². The third-order valence-corrected chi connectivity index (χ3v) is 5.63. The molecule has 31 heavy (non-hydrogen) atoms. The van der Waals surface area contributed by atoms with Crippen molar-refractivity contribution in [3.63, 3.8) is 0 Å². The smallest absolute Gasteiger partial charge is 0.410 e. The number of pyridine rings is 1. The van der Waals surface area contributed by atoms with Gasteiger partial charge in [0.1, 0.15) is 11.8 Å². The minimum absolute atomic E-state index is 0.0822. The number of likely N-dealkylation sites (tertiary alicyclic amines) is 1. The Morgan fingerprint density at radius 2 is 2.26 bits per heavy atom. The van der Waals surface area contributed by atoms with Crippen LogP contribution in [0.3, 0.4) is 0 Å². The highest BCUT2D eigenvalue weighted by atomic mass is 35.5. The van der Waals surface area contributed by atoms with E-state index in [0.29, 0.717) is 61.2 Å². The van der Waals surface area contributed by atoms with Gasteiger partial charge in [-0.05, 0) is 12.5 Å². The van der Waals surface area contributed by atoms with E-state index in [1.54, 1.807) is 23.4 Å². The standard InChI is InChI=1S/C20H20ClFN6O3/c21-11-5-14-15(7-24-17(14)23-6-11)18-25-8-16(22)19(27-18)26-12-1-3-28(9-12)20(29)31-13-2-4-30-10-13/h5-8,12-13H,1-4,9-10H2,(H,23,24)(H,25,26,27)/t12-,13?/m0/s1. The molecule has 0 bridgehead atoms. The Kier molecular flexibility index (Phi) is 5.33. The zero-order chi connectivity index (χ0) is 21.4. The van der Waals surface area contributed by atoms with Crippen LogP contribution in [-0.2, 0) is 9.47 Å².